The molecule has 12 nitrogen and oxygen atoms in total. The molecule has 0 bridgehead atoms. The topological polar surface area (TPSA) is 204 Å². The van der Waals surface area contributed by atoms with Gasteiger partial charge in [0.1, 0.15) is 5.75 Å². The number of Topliss-reactive ketones (excluding diaryl/α,β-unsaturated/α-hetero) is 5. The van der Waals surface area contributed by atoms with Crippen molar-refractivity contribution in [3.8, 4) is 5.75 Å². The number of benzene rings is 1. The first kappa shape index (κ1) is 29.5. The highest BCUT2D eigenvalue weighted by Crippen LogP contribution is 2.55. The summed E-state index contributed by atoms with van der Waals surface area (Å²) in [6, 6.07) is 0.939. The van der Waals surface area contributed by atoms with Gasteiger partial charge in [0.2, 0.25) is 5.91 Å². The van der Waals surface area contributed by atoms with Crippen LogP contribution in [0.3, 0.4) is 0 Å². The molecule has 3 aliphatic rings. The lowest BCUT2D eigenvalue weighted by Gasteiger charge is -2.56. The molecule has 40 heavy (non-hydrogen) atoms. The number of phenolic OH excluding ortho intramolecular Hbond substituents is 1. The Bertz CT molecular complexity index is 1320. The summed E-state index contributed by atoms with van der Waals surface area (Å²) in [5, 5.41) is 37.3. The molecule has 2 fully saturated rings. The zero-order valence-corrected chi connectivity index (χ0v) is 23.0. The number of hydrogen-bond acceptors (Lipinski definition) is 11. The number of nitrogens with two attached hydrogens (primary N) is 1. The lowest BCUT2D eigenvalue weighted by molar-refractivity contribution is -0.196. The highest BCUT2D eigenvalue weighted by Gasteiger charge is 2.72. The van der Waals surface area contributed by atoms with Crippen molar-refractivity contribution in [2.45, 2.75) is 63.3 Å². The van der Waals surface area contributed by atoms with E-state index in [2.05, 4.69) is 5.32 Å². The summed E-state index contributed by atoms with van der Waals surface area (Å²) >= 11 is 0. The fraction of sp³-hybridized carbons (Fsp3) is 0.571. The van der Waals surface area contributed by atoms with Crippen LogP contribution in [-0.2, 0) is 24.0 Å². The molecule has 3 unspecified atom stereocenters. The van der Waals surface area contributed by atoms with Crippen LogP contribution in [0.2, 0.25) is 0 Å². The molecule has 2 saturated carbocycles. The quantitative estimate of drug-likeness (QED) is 0.215. The Morgan fingerprint density at radius 3 is 2.33 bits per heavy atom. The molecule has 1 amide bonds. The van der Waals surface area contributed by atoms with E-state index in [0.29, 0.717) is 18.4 Å². The van der Waals surface area contributed by atoms with Gasteiger partial charge in [-0.15, -0.1) is 0 Å². The number of amides is 1. The number of hydrogen-bond donors (Lipinski definition) is 5. The van der Waals surface area contributed by atoms with E-state index in [-0.39, 0.29) is 17.0 Å². The van der Waals surface area contributed by atoms with E-state index in [1.165, 1.54) is 25.1 Å². The number of primary amides is 1. The molecule has 0 radical (unpaired) electrons. The lowest BCUT2D eigenvalue weighted by atomic mass is 9.49. The molecule has 0 saturated heterocycles. The van der Waals surface area contributed by atoms with E-state index in [1.807, 2.05) is 6.92 Å². The zero-order valence-electron chi connectivity index (χ0n) is 23.0. The van der Waals surface area contributed by atoms with Gasteiger partial charge in [-0.3, -0.25) is 33.7 Å². The maximum Gasteiger partial charge on any atom is 0.235 e. The highest BCUT2D eigenvalue weighted by molar-refractivity contribution is 6.32. The van der Waals surface area contributed by atoms with Gasteiger partial charge in [-0.05, 0) is 45.0 Å². The monoisotopic (exact) mass is 557 g/mol. The number of nitrogens with one attached hydrogen (secondary N) is 1. The average molecular weight is 558 g/mol. The first-order valence-electron chi connectivity index (χ1n) is 13.3. The maximum absolute atomic E-state index is 14.0. The number of nitrogens with zero attached hydrogens (tertiary/aromatic N) is 1. The summed E-state index contributed by atoms with van der Waals surface area (Å²) in [5.41, 5.74) is 2.44. The minimum absolute atomic E-state index is 0.0795. The second kappa shape index (κ2) is 10.2. The van der Waals surface area contributed by atoms with Gasteiger partial charge in [0.05, 0.1) is 41.3 Å². The highest BCUT2D eigenvalue weighted by atomic mass is 16.3. The molecule has 1 aromatic rings. The third-order valence-corrected chi connectivity index (χ3v) is 8.84. The first-order valence-corrected chi connectivity index (χ1v) is 13.3. The second-order valence-corrected chi connectivity index (χ2v) is 11.4. The third kappa shape index (κ3) is 4.00. The van der Waals surface area contributed by atoms with Gasteiger partial charge in [0.25, 0.3) is 0 Å². The van der Waals surface area contributed by atoms with Gasteiger partial charge in [0, 0.05) is 12.3 Å². The Labute approximate surface area is 230 Å². The number of carbonyl (C=O) groups is 6. The summed E-state index contributed by atoms with van der Waals surface area (Å²) in [6.45, 7) is 5.10. The van der Waals surface area contributed by atoms with Gasteiger partial charge >= 0.3 is 0 Å². The zero-order chi connectivity index (χ0) is 30.0. The molecule has 0 aliphatic heterocycles. The molecule has 0 aromatic heterocycles. The Morgan fingerprint density at radius 1 is 1.15 bits per heavy atom. The third-order valence-electron chi connectivity index (χ3n) is 8.84. The molecular weight excluding hydrogens is 522 g/mol. The van der Waals surface area contributed by atoms with Crippen LogP contribution in [0.1, 0.15) is 55.5 Å². The summed E-state index contributed by atoms with van der Waals surface area (Å²) in [7, 11) is 2.87. The standard InChI is InChI=1S/C28H35N3O9/c1-6-7-14(32)11(3)30-13-9-8-12-10(2)15-17(22(34)16(12)21(13)33)25(37)28(40)19(23(15)35)20(31(4)5)24(36)18(26(28)38)27(29)39/h8-11,15,17-20,23,30,33,35,40H,6-7H2,1-5H3,(H2,29,39)/t10-,11?,15+,17?,18?,19+,20-,23-,28-/m0/s1. The van der Waals surface area contributed by atoms with Crippen molar-refractivity contribution in [3.63, 3.8) is 0 Å². The second-order valence-electron chi connectivity index (χ2n) is 11.4. The number of aliphatic hydroxyl groups is 2. The molecule has 0 heterocycles. The van der Waals surface area contributed by atoms with Crippen LogP contribution < -0.4 is 11.1 Å². The fourth-order valence-electron chi connectivity index (χ4n) is 6.88. The molecule has 9 atom stereocenters. The summed E-state index contributed by atoms with van der Waals surface area (Å²) < 4.78 is 0. The fourth-order valence-corrected chi connectivity index (χ4v) is 6.88. The molecule has 1 aromatic carbocycles. The minimum atomic E-state index is -3.05. The lowest BCUT2D eigenvalue weighted by Crippen LogP contribution is -2.77. The van der Waals surface area contributed by atoms with Crippen LogP contribution in [0, 0.1) is 23.7 Å². The summed E-state index contributed by atoms with van der Waals surface area (Å²) in [5.74, 6) is -14.0. The van der Waals surface area contributed by atoms with Crippen LogP contribution in [0.15, 0.2) is 12.1 Å². The number of ketones is 5. The smallest absolute Gasteiger partial charge is 0.235 e. The number of likely N-dealkylation sites (N-methyl/N-ethyl adjacent to an activating group) is 1. The van der Waals surface area contributed by atoms with Crippen LogP contribution in [0.25, 0.3) is 0 Å². The summed E-state index contributed by atoms with van der Waals surface area (Å²) in [4.78, 5) is 80.2. The van der Waals surface area contributed by atoms with Crippen LogP contribution in [-0.4, -0.2) is 92.9 Å². The Morgan fingerprint density at radius 2 is 1.77 bits per heavy atom. The first-order chi connectivity index (χ1) is 18.6. The molecule has 6 N–H and O–H groups in total. The van der Waals surface area contributed by atoms with Crippen molar-refractivity contribution in [2.75, 3.05) is 19.4 Å². The van der Waals surface area contributed by atoms with E-state index in [1.54, 1.807) is 19.9 Å². The van der Waals surface area contributed by atoms with Crippen LogP contribution in [0.5, 0.6) is 5.75 Å². The van der Waals surface area contributed by atoms with Gasteiger partial charge in [-0.2, -0.15) is 0 Å². The largest absolute Gasteiger partial charge is 0.505 e. The van der Waals surface area contributed by atoms with Crippen molar-refractivity contribution in [3.05, 3.63) is 23.3 Å². The Balaban J connectivity index is 1.85. The van der Waals surface area contributed by atoms with Crippen LogP contribution >= 0.6 is 0 Å². The molecular formula is C28H35N3O9. The summed E-state index contributed by atoms with van der Waals surface area (Å²) in [6.07, 6.45) is -0.757. The Hall–Kier alpha value is -3.48. The normalized spacial score (nSPS) is 34.1. The number of anilines is 1. The average Bonchev–Trinajstić information content (AvgIpc) is 2.87. The van der Waals surface area contributed by atoms with Crippen molar-refractivity contribution < 1.29 is 44.1 Å². The number of phenols is 1. The van der Waals surface area contributed by atoms with Gasteiger partial charge in [0.15, 0.2) is 40.4 Å². The van der Waals surface area contributed by atoms with E-state index in [4.69, 9.17) is 5.73 Å². The van der Waals surface area contributed by atoms with Crippen molar-refractivity contribution in [1.29, 1.82) is 0 Å². The molecule has 0 spiro atoms. The molecule has 3 aliphatic carbocycles. The molecule has 12 heteroatoms. The number of aliphatic hydroxyl groups excluding tert-OH is 1. The van der Waals surface area contributed by atoms with E-state index < -0.39 is 88.2 Å². The molecule has 4 rings (SSSR count). The predicted molar refractivity (Wildman–Crippen MR) is 140 cm³/mol. The molecule has 216 valence electrons. The number of fused-ring (bicyclic) bond motifs is 3. The number of carbonyl (C=O) groups excluding carboxylic acids is 6. The predicted octanol–water partition coefficient (Wildman–Crippen LogP) is -0.432. The van der Waals surface area contributed by atoms with Crippen molar-refractivity contribution in [1.82, 2.24) is 4.90 Å². The van der Waals surface area contributed by atoms with Gasteiger partial charge < -0.3 is 26.4 Å². The van der Waals surface area contributed by atoms with Gasteiger partial charge in [-0.1, -0.05) is 19.9 Å². The van der Waals surface area contributed by atoms with Crippen LogP contribution in [0.4, 0.5) is 5.69 Å². The minimum Gasteiger partial charge on any atom is -0.505 e. The SMILES string of the molecule is CCCC(=O)C(C)Nc1ccc2c(c1O)C(=O)C1C(=O)[C@]3(O)C(=O)C(C(N)=O)C(=O)[C@@H](N(C)C)[C@@H]3[C@@H](O)[C@@H]1[C@H]2C. The van der Waals surface area contributed by atoms with Crippen molar-refractivity contribution >= 4 is 40.5 Å². The maximum atomic E-state index is 14.0. The van der Waals surface area contributed by atoms with E-state index in [9.17, 15) is 44.1 Å². The van der Waals surface area contributed by atoms with E-state index in [0.717, 1.165) is 0 Å². The van der Waals surface area contributed by atoms with E-state index >= 15 is 0 Å². The van der Waals surface area contributed by atoms with Gasteiger partial charge in [-0.25, -0.2) is 0 Å². The number of aromatic hydroxyl groups is 1. The number of rotatable bonds is 7. The van der Waals surface area contributed by atoms with Crippen molar-refractivity contribution in [2.24, 2.45) is 29.4 Å². The Kier molecular flexibility index (Phi) is 7.50.